The van der Waals surface area contributed by atoms with E-state index in [-0.39, 0.29) is 19.3 Å². The zero-order valence-corrected chi connectivity index (χ0v) is 13.8. The Kier molecular flexibility index (Phi) is 8.18. The highest BCUT2D eigenvalue weighted by Gasteiger charge is 2.28. The Labute approximate surface area is 148 Å². The Morgan fingerprint density at radius 1 is 1.19 bits per heavy atom. The SMILES string of the molecule is NC(=O)CCC(NC(=O)C(N)CO)C(=O)NC(Cc1cnc[nH]1)C(=O)O. The van der Waals surface area contributed by atoms with Gasteiger partial charge in [-0.15, -0.1) is 0 Å². The summed E-state index contributed by atoms with van der Waals surface area (Å²) in [6.45, 7) is -0.645. The van der Waals surface area contributed by atoms with E-state index in [9.17, 15) is 24.3 Å². The van der Waals surface area contributed by atoms with Gasteiger partial charge in [0.15, 0.2) is 0 Å². The van der Waals surface area contributed by atoms with Crippen LogP contribution in [0.3, 0.4) is 0 Å². The molecular formula is C14H22N6O6. The van der Waals surface area contributed by atoms with Crippen molar-refractivity contribution in [3.05, 3.63) is 18.2 Å². The van der Waals surface area contributed by atoms with Gasteiger partial charge in [-0.2, -0.15) is 0 Å². The molecule has 12 heteroatoms. The molecule has 0 aliphatic rings. The smallest absolute Gasteiger partial charge is 0.326 e. The Morgan fingerprint density at radius 3 is 2.35 bits per heavy atom. The van der Waals surface area contributed by atoms with Crippen LogP contribution in [0.15, 0.2) is 12.5 Å². The van der Waals surface area contributed by atoms with E-state index in [1.807, 2.05) is 0 Å². The highest BCUT2D eigenvalue weighted by atomic mass is 16.4. The van der Waals surface area contributed by atoms with Gasteiger partial charge in [0.25, 0.3) is 0 Å². The molecule has 1 aromatic heterocycles. The van der Waals surface area contributed by atoms with Crippen molar-refractivity contribution >= 4 is 23.7 Å². The maximum absolute atomic E-state index is 12.4. The van der Waals surface area contributed by atoms with Gasteiger partial charge in [0.2, 0.25) is 17.7 Å². The number of amides is 3. The van der Waals surface area contributed by atoms with Gasteiger partial charge in [0, 0.05) is 24.7 Å². The number of hydrogen-bond acceptors (Lipinski definition) is 7. The predicted molar refractivity (Wildman–Crippen MR) is 87.3 cm³/mol. The number of nitrogens with two attached hydrogens (primary N) is 2. The number of H-pyrrole nitrogens is 1. The van der Waals surface area contributed by atoms with Crippen LogP contribution in [-0.4, -0.2) is 68.6 Å². The van der Waals surface area contributed by atoms with Crippen LogP contribution in [0.1, 0.15) is 18.5 Å². The van der Waals surface area contributed by atoms with Crippen molar-refractivity contribution in [3.8, 4) is 0 Å². The van der Waals surface area contributed by atoms with Crippen LogP contribution in [-0.2, 0) is 25.6 Å². The van der Waals surface area contributed by atoms with Crippen molar-refractivity contribution in [2.75, 3.05) is 6.61 Å². The number of aliphatic hydroxyl groups excluding tert-OH is 1. The van der Waals surface area contributed by atoms with E-state index in [1.165, 1.54) is 12.5 Å². The molecule has 0 radical (unpaired) electrons. The zero-order chi connectivity index (χ0) is 19.7. The van der Waals surface area contributed by atoms with Crippen molar-refractivity contribution in [2.45, 2.75) is 37.4 Å². The number of carbonyl (C=O) groups excluding carboxylic acids is 3. The fourth-order valence-corrected chi connectivity index (χ4v) is 2.01. The first-order chi connectivity index (χ1) is 12.2. The molecule has 3 atom stereocenters. The summed E-state index contributed by atoms with van der Waals surface area (Å²) in [4.78, 5) is 53.0. The molecule has 3 amide bonds. The van der Waals surface area contributed by atoms with Crippen LogP contribution in [0.5, 0.6) is 0 Å². The summed E-state index contributed by atoms with van der Waals surface area (Å²) in [5.74, 6) is -3.63. The maximum atomic E-state index is 12.4. The molecule has 0 fully saturated rings. The zero-order valence-electron chi connectivity index (χ0n) is 13.8. The number of nitrogens with one attached hydrogen (secondary N) is 3. The van der Waals surface area contributed by atoms with E-state index in [0.717, 1.165) is 0 Å². The van der Waals surface area contributed by atoms with Gasteiger partial charge in [-0.05, 0) is 6.42 Å². The third-order valence-corrected chi connectivity index (χ3v) is 3.44. The van der Waals surface area contributed by atoms with Gasteiger partial charge < -0.3 is 37.3 Å². The highest BCUT2D eigenvalue weighted by molar-refractivity contribution is 5.92. The fourth-order valence-electron chi connectivity index (χ4n) is 2.01. The first-order valence-corrected chi connectivity index (χ1v) is 7.70. The largest absolute Gasteiger partial charge is 0.480 e. The van der Waals surface area contributed by atoms with Gasteiger partial charge in [-0.25, -0.2) is 9.78 Å². The summed E-state index contributed by atoms with van der Waals surface area (Å²) in [6, 6.07) is -3.79. The predicted octanol–water partition coefficient (Wildman–Crippen LogP) is -3.41. The van der Waals surface area contributed by atoms with Crippen LogP contribution in [0.4, 0.5) is 0 Å². The fraction of sp³-hybridized carbons (Fsp3) is 0.500. The molecule has 9 N–H and O–H groups in total. The van der Waals surface area contributed by atoms with Crippen LogP contribution in [0.2, 0.25) is 0 Å². The van der Waals surface area contributed by atoms with Crippen molar-refractivity contribution in [2.24, 2.45) is 11.5 Å². The van der Waals surface area contributed by atoms with E-state index in [2.05, 4.69) is 20.6 Å². The molecule has 3 unspecified atom stereocenters. The lowest BCUT2D eigenvalue weighted by molar-refractivity contribution is -0.142. The van der Waals surface area contributed by atoms with E-state index in [1.54, 1.807) is 0 Å². The molecule has 1 rings (SSSR count). The molecule has 0 spiro atoms. The molecule has 0 aliphatic heterocycles. The van der Waals surface area contributed by atoms with E-state index >= 15 is 0 Å². The van der Waals surface area contributed by atoms with Gasteiger partial charge in [0.05, 0.1) is 12.9 Å². The molecule has 0 saturated heterocycles. The van der Waals surface area contributed by atoms with Gasteiger partial charge in [0.1, 0.15) is 18.1 Å². The number of carboxylic acids is 1. The van der Waals surface area contributed by atoms with E-state index < -0.39 is 48.4 Å². The summed E-state index contributed by atoms with van der Waals surface area (Å²) in [6.07, 6.45) is 2.34. The Bertz CT molecular complexity index is 634. The number of rotatable bonds is 11. The van der Waals surface area contributed by atoms with Gasteiger partial charge >= 0.3 is 5.97 Å². The van der Waals surface area contributed by atoms with E-state index in [0.29, 0.717) is 5.69 Å². The molecule has 12 nitrogen and oxygen atoms in total. The number of primary amides is 1. The number of aromatic amines is 1. The van der Waals surface area contributed by atoms with Gasteiger partial charge in [-0.3, -0.25) is 14.4 Å². The molecule has 0 saturated carbocycles. The van der Waals surface area contributed by atoms with Crippen molar-refractivity contribution in [1.29, 1.82) is 0 Å². The summed E-state index contributed by atoms with van der Waals surface area (Å²) >= 11 is 0. The number of aliphatic hydroxyl groups is 1. The minimum Gasteiger partial charge on any atom is -0.480 e. The molecular weight excluding hydrogens is 348 g/mol. The molecule has 0 bridgehead atoms. The summed E-state index contributed by atoms with van der Waals surface area (Å²) in [5.41, 5.74) is 10.9. The quantitative estimate of drug-likeness (QED) is 0.208. The highest BCUT2D eigenvalue weighted by Crippen LogP contribution is 2.03. The van der Waals surface area contributed by atoms with Crippen LogP contribution in [0, 0.1) is 0 Å². The second-order valence-electron chi connectivity index (χ2n) is 5.54. The minimum atomic E-state index is -1.29. The molecule has 0 aliphatic carbocycles. The number of carbonyl (C=O) groups is 4. The maximum Gasteiger partial charge on any atom is 0.326 e. The average Bonchev–Trinajstić information content (AvgIpc) is 3.09. The Hall–Kier alpha value is -2.99. The number of nitrogens with zero attached hydrogens (tertiary/aromatic N) is 1. The van der Waals surface area contributed by atoms with Crippen molar-refractivity contribution < 1.29 is 29.4 Å². The lowest BCUT2D eigenvalue weighted by atomic mass is 10.1. The molecule has 1 heterocycles. The second kappa shape index (κ2) is 10.1. The monoisotopic (exact) mass is 370 g/mol. The normalized spacial score (nSPS) is 14.1. The molecule has 144 valence electrons. The summed E-state index contributed by atoms with van der Waals surface area (Å²) in [5, 5.41) is 22.7. The number of carboxylic acid groups (broad SMARTS) is 1. The third-order valence-electron chi connectivity index (χ3n) is 3.44. The number of aromatic nitrogens is 2. The summed E-state index contributed by atoms with van der Waals surface area (Å²) < 4.78 is 0. The van der Waals surface area contributed by atoms with Crippen LogP contribution < -0.4 is 22.1 Å². The molecule has 1 aromatic rings. The Morgan fingerprint density at radius 2 is 1.85 bits per heavy atom. The van der Waals surface area contributed by atoms with Crippen molar-refractivity contribution in [1.82, 2.24) is 20.6 Å². The Balaban J connectivity index is 2.81. The number of aliphatic carboxylic acids is 1. The lowest BCUT2D eigenvalue weighted by Gasteiger charge is -2.22. The van der Waals surface area contributed by atoms with Crippen molar-refractivity contribution in [3.63, 3.8) is 0 Å². The average molecular weight is 370 g/mol. The third kappa shape index (κ3) is 6.86. The minimum absolute atomic E-state index is 0.0618. The van der Waals surface area contributed by atoms with Crippen LogP contribution in [0.25, 0.3) is 0 Å². The summed E-state index contributed by atoms with van der Waals surface area (Å²) in [7, 11) is 0. The first kappa shape index (κ1) is 21.1. The van der Waals surface area contributed by atoms with Gasteiger partial charge in [-0.1, -0.05) is 0 Å². The molecule has 0 aromatic carbocycles. The van der Waals surface area contributed by atoms with E-state index in [4.69, 9.17) is 16.6 Å². The topological polar surface area (TPSA) is 214 Å². The molecule has 26 heavy (non-hydrogen) atoms. The lowest BCUT2D eigenvalue weighted by Crippen LogP contribution is -2.55. The first-order valence-electron chi connectivity index (χ1n) is 7.70. The second-order valence-corrected chi connectivity index (χ2v) is 5.54. The number of hydrogen-bond donors (Lipinski definition) is 7. The standard InChI is InChI=1S/C14H22N6O6/c15-8(5-21)12(23)19-9(1-2-11(16)22)13(24)20-10(14(25)26)3-7-4-17-6-18-7/h4,6,8-10,21H,1-3,5,15H2,(H2,16,22)(H,17,18)(H,19,23)(H,20,24)(H,25,26). The number of imidazole rings is 1. The van der Waals surface area contributed by atoms with Crippen LogP contribution >= 0.6 is 0 Å².